The Morgan fingerprint density at radius 1 is 0.951 bits per heavy atom. The van der Waals surface area contributed by atoms with E-state index in [1.54, 1.807) is 16.0 Å². The number of ether oxygens (including phenoxy) is 1. The molecule has 1 N–H and O–H groups in total. The largest absolute Gasteiger partial charge is 0.445 e. The summed E-state index contributed by atoms with van der Waals surface area (Å²) in [4.78, 5) is 48.4. The number of benzene rings is 2. The molecule has 0 unspecified atom stereocenters. The van der Waals surface area contributed by atoms with Gasteiger partial charge >= 0.3 is 12.1 Å². The number of amides is 4. The van der Waals surface area contributed by atoms with Crippen molar-refractivity contribution in [2.24, 2.45) is 0 Å². The highest BCUT2D eigenvalue weighted by Gasteiger charge is 2.37. The zero-order chi connectivity index (χ0) is 28.3. The molecule has 2 saturated heterocycles. The van der Waals surface area contributed by atoms with Crippen LogP contribution in [-0.4, -0.2) is 71.1 Å². The summed E-state index contributed by atoms with van der Waals surface area (Å²) in [5.74, 6) is 0.569. The van der Waals surface area contributed by atoms with E-state index in [1.807, 2.05) is 72.5 Å². The molecule has 41 heavy (non-hydrogen) atoms. The summed E-state index contributed by atoms with van der Waals surface area (Å²) in [5.41, 5.74) is 4.52. The van der Waals surface area contributed by atoms with Crippen LogP contribution in [0.15, 0.2) is 66.9 Å². The summed E-state index contributed by atoms with van der Waals surface area (Å²) in [6.45, 7) is 4.59. The summed E-state index contributed by atoms with van der Waals surface area (Å²) in [6.07, 6.45) is 5.00. The maximum atomic E-state index is 13.4. The van der Waals surface area contributed by atoms with Gasteiger partial charge < -0.3 is 19.9 Å². The van der Waals surface area contributed by atoms with E-state index in [0.717, 1.165) is 47.9 Å². The normalized spacial score (nSPS) is 17.6. The van der Waals surface area contributed by atoms with Crippen molar-refractivity contribution in [2.75, 3.05) is 31.1 Å². The number of aryl methyl sites for hydroxylation is 1. The van der Waals surface area contributed by atoms with Gasteiger partial charge in [-0.3, -0.25) is 9.69 Å². The van der Waals surface area contributed by atoms with E-state index in [4.69, 9.17) is 4.74 Å². The average molecular weight is 554 g/mol. The van der Waals surface area contributed by atoms with E-state index < -0.39 is 0 Å². The molecule has 0 spiro atoms. The summed E-state index contributed by atoms with van der Waals surface area (Å²) >= 11 is 0. The van der Waals surface area contributed by atoms with Crippen LogP contribution < -0.4 is 10.2 Å². The fourth-order valence-electron chi connectivity index (χ4n) is 5.55. The predicted molar refractivity (Wildman–Crippen MR) is 156 cm³/mol. The lowest BCUT2D eigenvalue weighted by atomic mass is 9.99. The first-order chi connectivity index (χ1) is 20.0. The summed E-state index contributed by atoms with van der Waals surface area (Å²) in [5, 5.41) is 3.04. The van der Waals surface area contributed by atoms with Crippen LogP contribution in [0.25, 0.3) is 11.1 Å². The van der Waals surface area contributed by atoms with Crippen LogP contribution in [0, 0.1) is 6.92 Å². The van der Waals surface area contributed by atoms with Crippen molar-refractivity contribution >= 4 is 23.8 Å². The van der Waals surface area contributed by atoms with Crippen molar-refractivity contribution < 1.29 is 19.1 Å². The molecule has 9 nitrogen and oxygen atoms in total. The number of hydrogen-bond acceptors (Lipinski definition) is 5. The van der Waals surface area contributed by atoms with Crippen LogP contribution in [0.3, 0.4) is 0 Å². The smallest absolute Gasteiger partial charge is 0.410 e. The van der Waals surface area contributed by atoms with Crippen LogP contribution in [-0.2, 0) is 11.3 Å². The molecule has 1 aliphatic carbocycles. The summed E-state index contributed by atoms with van der Waals surface area (Å²) in [7, 11) is 0. The molecule has 0 bridgehead atoms. The van der Waals surface area contributed by atoms with Crippen LogP contribution in [0.2, 0.25) is 0 Å². The molecule has 4 amide bonds. The minimum atomic E-state index is -0.310. The number of likely N-dealkylation sites (tertiary alicyclic amines) is 1. The van der Waals surface area contributed by atoms with Crippen molar-refractivity contribution in [1.82, 2.24) is 20.1 Å². The van der Waals surface area contributed by atoms with Crippen molar-refractivity contribution in [3.63, 3.8) is 0 Å². The number of hydrogen-bond donors (Lipinski definition) is 1. The summed E-state index contributed by atoms with van der Waals surface area (Å²) in [6, 6.07) is 19.5. The maximum absolute atomic E-state index is 13.4. The van der Waals surface area contributed by atoms with Crippen LogP contribution in [0.5, 0.6) is 0 Å². The molecular weight excluding hydrogens is 518 g/mol. The van der Waals surface area contributed by atoms with Crippen molar-refractivity contribution in [3.05, 3.63) is 83.6 Å². The second-order valence-electron chi connectivity index (χ2n) is 11.1. The minimum absolute atomic E-state index is 0.0454. The molecule has 3 aliphatic rings. The SMILES string of the molecule is Cc1ccc(C(=O)NC2CC2)cc1-c1ccc(N2CCN(C3CCN(C(=O)OCc4ccccc4)CC3)C2=O)nc1. The Morgan fingerprint density at radius 3 is 2.44 bits per heavy atom. The third-order valence-electron chi connectivity index (χ3n) is 8.16. The first-order valence-electron chi connectivity index (χ1n) is 14.4. The maximum Gasteiger partial charge on any atom is 0.410 e. The monoisotopic (exact) mass is 553 g/mol. The molecule has 2 aliphatic heterocycles. The number of carbonyl (C=O) groups excluding carboxylic acids is 3. The van der Waals surface area contributed by atoms with E-state index in [2.05, 4.69) is 10.3 Å². The van der Waals surface area contributed by atoms with Crippen LogP contribution in [0.4, 0.5) is 15.4 Å². The second kappa shape index (κ2) is 11.6. The van der Waals surface area contributed by atoms with E-state index in [9.17, 15) is 14.4 Å². The van der Waals surface area contributed by atoms with Gasteiger partial charge in [-0.2, -0.15) is 0 Å². The van der Waals surface area contributed by atoms with Crippen molar-refractivity contribution in [3.8, 4) is 11.1 Å². The van der Waals surface area contributed by atoms with Gasteiger partial charge in [0.15, 0.2) is 0 Å². The quantitative estimate of drug-likeness (QED) is 0.445. The third-order valence-corrected chi connectivity index (χ3v) is 8.16. The molecule has 3 fully saturated rings. The van der Waals surface area contributed by atoms with E-state index in [0.29, 0.717) is 43.6 Å². The van der Waals surface area contributed by atoms with Crippen molar-refractivity contribution in [1.29, 1.82) is 0 Å². The Morgan fingerprint density at radius 2 is 1.73 bits per heavy atom. The molecule has 3 heterocycles. The standard InChI is InChI=1S/C32H35N5O4/c1-22-7-8-24(30(38)34-26-10-11-26)19-28(22)25-9-12-29(33-20-25)37-18-17-36(31(37)39)27-13-15-35(16-14-27)32(40)41-21-23-5-3-2-4-6-23/h2-9,12,19-20,26-27H,10-11,13-18,21H2,1H3,(H,34,38). The lowest BCUT2D eigenvalue weighted by Gasteiger charge is -2.35. The van der Waals surface area contributed by atoms with Crippen LogP contribution >= 0.6 is 0 Å². The van der Waals surface area contributed by atoms with Gasteiger partial charge in [0.05, 0.1) is 0 Å². The van der Waals surface area contributed by atoms with Gasteiger partial charge in [-0.05, 0) is 73.6 Å². The van der Waals surface area contributed by atoms with Crippen molar-refractivity contribution in [2.45, 2.75) is 51.3 Å². The van der Waals surface area contributed by atoms with Gasteiger partial charge in [-0.25, -0.2) is 14.6 Å². The molecule has 9 heteroatoms. The number of nitrogens with zero attached hydrogens (tertiary/aromatic N) is 4. The molecule has 6 rings (SSSR count). The summed E-state index contributed by atoms with van der Waals surface area (Å²) < 4.78 is 5.48. The van der Waals surface area contributed by atoms with Gasteiger partial charge in [-0.1, -0.05) is 36.4 Å². The highest BCUT2D eigenvalue weighted by molar-refractivity contribution is 5.96. The molecule has 212 valence electrons. The Hall–Kier alpha value is -4.40. The highest BCUT2D eigenvalue weighted by atomic mass is 16.6. The molecule has 0 atom stereocenters. The highest BCUT2D eigenvalue weighted by Crippen LogP contribution is 2.29. The Labute approximate surface area is 240 Å². The zero-order valence-electron chi connectivity index (χ0n) is 23.3. The van der Waals surface area contributed by atoms with Gasteiger partial charge in [0.2, 0.25) is 0 Å². The third kappa shape index (κ3) is 6.04. The fraction of sp³-hybridized carbons (Fsp3) is 0.375. The number of pyridine rings is 1. The Bertz CT molecular complexity index is 1420. The number of carbonyl (C=O) groups is 3. The molecular formula is C32H35N5O4. The number of aromatic nitrogens is 1. The van der Waals surface area contributed by atoms with Gasteiger partial charge in [0.1, 0.15) is 12.4 Å². The first-order valence-corrected chi connectivity index (χ1v) is 14.4. The molecule has 1 saturated carbocycles. The van der Waals surface area contributed by atoms with Gasteiger partial charge in [0, 0.05) is 55.6 Å². The Kier molecular flexibility index (Phi) is 7.59. The molecule has 2 aromatic carbocycles. The number of nitrogens with one attached hydrogen (secondary N) is 1. The molecule has 3 aromatic rings. The number of anilines is 1. The average Bonchev–Trinajstić information content (AvgIpc) is 3.75. The van der Waals surface area contributed by atoms with Gasteiger partial charge in [-0.15, -0.1) is 0 Å². The number of rotatable bonds is 7. The van der Waals surface area contributed by atoms with Gasteiger partial charge in [0.25, 0.3) is 5.91 Å². The molecule has 0 radical (unpaired) electrons. The molecule has 1 aromatic heterocycles. The number of piperidine rings is 1. The second-order valence-corrected chi connectivity index (χ2v) is 11.1. The minimum Gasteiger partial charge on any atom is -0.445 e. The van der Waals surface area contributed by atoms with E-state index in [1.165, 1.54) is 0 Å². The first kappa shape index (κ1) is 26.8. The predicted octanol–water partition coefficient (Wildman–Crippen LogP) is 4.99. The number of urea groups is 1. The topological polar surface area (TPSA) is 95.1 Å². The van der Waals surface area contributed by atoms with Crippen LogP contribution in [0.1, 0.15) is 47.2 Å². The zero-order valence-corrected chi connectivity index (χ0v) is 23.3. The van der Waals surface area contributed by atoms with E-state index >= 15 is 0 Å². The lowest BCUT2D eigenvalue weighted by Crippen LogP contribution is -2.48. The fourth-order valence-corrected chi connectivity index (χ4v) is 5.55. The lowest BCUT2D eigenvalue weighted by molar-refractivity contribution is 0.0768. The Balaban J connectivity index is 1.04. The van der Waals surface area contributed by atoms with E-state index in [-0.39, 0.29) is 30.7 Å².